The Labute approximate surface area is 156 Å². The van der Waals surface area contributed by atoms with Crippen LogP contribution in [0, 0.1) is 13.8 Å². The van der Waals surface area contributed by atoms with E-state index in [0.29, 0.717) is 22.4 Å². The number of aromatic amines is 1. The first-order valence-corrected chi connectivity index (χ1v) is 8.39. The fourth-order valence-corrected chi connectivity index (χ4v) is 3.01. The summed E-state index contributed by atoms with van der Waals surface area (Å²) in [6, 6.07) is 13.0. The second-order valence-electron chi connectivity index (χ2n) is 6.18. The summed E-state index contributed by atoms with van der Waals surface area (Å²) in [5.41, 5.74) is 1.84. The molecule has 6 heteroatoms. The van der Waals surface area contributed by atoms with Crippen LogP contribution in [-0.4, -0.2) is 36.4 Å². The Morgan fingerprint density at radius 3 is 2.37 bits per heavy atom. The number of carbonyl (C=O) groups is 3. The Kier molecular flexibility index (Phi) is 5.07. The number of aromatic nitrogens is 1. The monoisotopic (exact) mass is 365 g/mol. The Morgan fingerprint density at radius 2 is 1.67 bits per heavy atom. The van der Waals surface area contributed by atoms with Gasteiger partial charge in [-0.05, 0) is 36.2 Å². The SMILES string of the molecule is COC(=O)c1c(C)[nH]c(C(=O)OCC(=O)c2ccc3ccccc3c2)c1C. The van der Waals surface area contributed by atoms with Gasteiger partial charge in [0.05, 0.1) is 12.7 Å². The van der Waals surface area contributed by atoms with Crippen molar-refractivity contribution in [3.63, 3.8) is 0 Å². The third-order valence-electron chi connectivity index (χ3n) is 4.44. The molecule has 0 bridgehead atoms. The van der Waals surface area contributed by atoms with Crippen molar-refractivity contribution in [2.24, 2.45) is 0 Å². The van der Waals surface area contributed by atoms with Gasteiger partial charge in [0.1, 0.15) is 5.69 Å². The molecule has 1 aromatic heterocycles. The molecule has 0 saturated heterocycles. The largest absolute Gasteiger partial charge is 0.465 e. The summed E-state index contributed by atoms with van der Waals surface area (Å²) in [6.07, 6.45) is 0. The standard InChI is InChI=1S/C21H19NO5/c1-12-18(20(24)26-3)13(2)22-19(12)21(25)27-11-17(23)16-9-8-14-6-4-5-7-15(14)10-16/h4-10,22H,11H2,1-3H3. The van der Waals surface area contributed by atoms with Gasteiger partial charge in [0, 0.05) is 11.3 Å². The van der Waals surface area contributed by atoms with Crippen LogP contribution in [0.2, 0.25) is 0 Å². The zero-order valence-electron chi connectivity index (χ0n) is 15.3. The molecule has 1 N–H and O–H groups in total. The first kappa shape index (κ1) is 18.4. The van der Waals surface area contributed by atoms with E-state index in [1.54, 1.807) is 26.0 Å². The topological polar surface area (TPSA) is 85.5 Å². The lowest BCUT2D eigenvalue weighted by atomic mass is 10.0. The maximum Gasteiger partial charge on any atom is 0.355 e. The van der Waals surface area contributed by atoms with Crippen molar-refractivity contribution < 1.29 is 23.9 Å². The number of ketones is 1. The Balaban J connectivity index is 1.73. The average molecular weight is 365 g/mol. The number of hydrogen-bond donors (Lipinski definition) is 1. The van der Waals surface area contributed by atoms with Gasteiger partial charge in [-0.15, -0.1) is 0 Å². The molecule has 0 aliphatic carbocycles. The number of hydrogen-bond acceptors (Lipinski definition) is 5. The smallest absolute Gasteiger partial charge is 0.355 e. The average Bonchev–Trinajstić information content (AvgIpc) is 2.99. The summed E-state index contributed by atoms with van der Waals surface area (Å²) in [5.74, 6) is -1.53. The summed E-state index contributed by atoms with van der Waals surface area (Å²) in [5, 5.41) is 1.96. The molecular formula is C21H19NO5. The molecule has 6 nitrogen and oxygen atoms in total. The fourth-order valence-electron chi connectivity index (χ4n) is 3.01. The van der Waals surface area contributed by atoms with Crippen molar-refractivity contribution in [1.82, 2.24) is 4.98 Å². The van der Waals surface area contributed by atoms with Gasteiger partial charge in [0.25, 0.3) is 0 Å². The molecule has 0 aliphatic heterocycles. The molecule has 0 fully saturated rings. The number of benzene rings is 2. The zero-order chi connectivity index (χ0) is 19.6. The van der Waals surface area contributed by atoms with Crippen LogP contribution >= 0.6 is 0 Å². The maximum absolute atomic E-state index is 12.4. The maximum atomic E-state index is 12.4. The van der Waals surface area contributed by atoms with Gasteiger partial charge in [-0.1, -0.05) is 36.4 Å². The molecule has 138 valence electrons. The van der Waals surface area contributed by atoms with Crippen LogP contribution in [-0.2, 0) is 9.47 Å². The van der Waals surface area contributed by atoms with Crippen LogP contribution in [0.4, 0.5) is 0 Å². The molecule has 2 aromatic carbocycles. The molecule has 0 aliphatic rings. The lowest BCUT2D eigenvalue weighted by Crippen LogP contribution is -2.15. The second-order valence-corrected chi connectivity index (χ2v) is 6.18. The summed E-state index contributed by atoms with van der Waals surface area (Å²) < 4.78 is 9.86. The van der Waals surface area contributed by atoms with Crippen LogP contribution in [0.5, 0.6) is 0 Å². The van der Waals surface area contributed by atoms with Crippen molar-refractivity contribution in [2.75, 3.05) is 13.7 Å². The minimum Gasteiger partial charge on any atom is -0.465 e. The Bertz CT molecular complexity index is 1050. The lowest BCUT2D eigenvalue weighted by molar-refractivity contribution is 0.0468. The summed E-state index contributed by atoms with van der Waals surface area (Å²) in [4.78, 5) is 39.3. The molecule has 0 radical (unpaired) electrons. The van der Waals surface area contributed by atoms with E-state index in [0.717, 1.165) is 10.8 Å². The fraction of sp³-hybridized carbons (Fsp3) is 0.190. The van der Waals surface area contributed by atoms with E-state index < -0.39 is 11.9 Å². The predicted octanol–water partition coefficient (Wildman–Crippen LogP) is 3.61. The molecule has 1 heterocycles. The normalized spacial score (nSPS) is 10.6. The van der Waals surface area contributed by atoms with Gasteiger partial charge in [-0.2, -0.15) is 0 Å². The number of carbonyl (C=O) groups excluding carboxylic acids is 3. The molecule has 27 heavy (non-hydrogen) atoms. The van der Waals surface area contributed by atoms with E-state index in [-0.39, 0.29) is 18.1 Å². The summed E-state index contributed by atoms with van der Waals surface area (Å²) >= 11 is 0. The zero-order valence-corrected chi connectivity index (χ0v) is 15.3. The van der Waals surface area contributed by atoms with E-state index in [1.165, 1.54) is 7.11 Å². The highest BCUT2D eigenvalue weighted by molar-refractivity contribution is 6.03. The third-order valence-corrected chi connectivity index (χ3v) is 4.44. The number of rotatable bonds is 5. The number of fused-ring (bicyclic) bond motifs is 1. The second kappa shape index (κ2) is 7.45. The number of aryl methyl sites for hydroxylation is 1. The van der Waals surface area contributed by atoms with Gasteiger partial charge in [0.15, 0.2) is 12.4 Å². The van der Waals surface area contributed by atoms with E-state index in [1.807, 2.05) is 30.3 Å². The van der Waals surface area contributed by atoms with Crippen molar-refractivity contribution in [1.29, 1.82) is 0 Å². The molecular weight excluding hydrogens is 346 g/mol. The van der Waals surface area contributed by atoms with Crippen LogP contribution in [0.3, 0.4) is 0 Å². The third kappa shape index (κ3) is 3.60. The van der Waals surface area contributed by atoms with E-state index in [2.05, 4.69) is 4.98 Å². The van der Waals surface area contributed by atoms with Crippen LogP contribution in [0.25, 0.3) is 10.8 Å². The lowest BCUT2D eigenvalue weighted by Gasteiger charge is -2.06. The molecule has 0 saturated carbocycles. The van der Waals surface area contributed by atoms with Crippen molar-refractivity contribution in [3.05, 3.63) is 70.5 Å². The van der Waals surface area contributed by atoms with Gasteiger partial charge < -0.3 is 14.5 Å². The van der Waals surface area contributed by atoms with Crippen molar-refractivity contribution >= 4 is 28.5 Å². The van der Waals surface area contributed by atoms with Crippen LogP contribution < -0.4 is 0 Å². The first-order valence-electron chi connectivity index (χ1n) is 8.39. The number of methoxy groups -OCH3 is 1. The van der Waals surface area contributed by atoms with Gasteiger partial charge in [-0.25, -0.2) is 9.59 Å². The Morgan fingerprint density at radius 1 is 0.963 bits per heavy atom. The number of nitrogens with one attached hydrogen (secondary N) is 1. The van der Waals surface area contributed by atoms with Gasteiger partial charge in [-0.3, -0.25) is 4.79 Å². The van der Waals surface area contributed by atoms with Gasteiger partial charge >= 0.3 is 11.9 Å². The molecule has 0 atom stereocenters. The highest BCUT2D eigenvalue weighted by Crippen LogP contribution is 2.20. The molecule has 0 amide bonds. The van der Waals surface area contributed by atoms with E-state index >= 15 is 0 Å². The molecule has 0 spiro atoms. The van der Waals surface area contributed by atoms with E-state index in [9.17, 15) is 14.4 Å². The summed E-state index contributed by atoms with van der Waals surface area (Å²) in [7, 11) is 1.27. The first-order chi connectivity index (χ1) is 12.9. The highest BCUT2D eigenvalue weighted by atomic mass is 16.5. The number of Topliss-reactive ketones (excluding diaryl/α,β-unsaturated/α-hetero) is 1. The van der Waals surface area contributed by atoms with Gasteiger partial charge in [0.2, 0.25) is 0 Å². The minimum absolute atomic E-state index is 0.138. The summed E-state index contributed by atoms with van der Waals surface area (Å²) in [6.45, 7) is 2.90. The number of esters is 2. The van der Waals surface area contributed by atoms with E-state index in [4.69, 9.17) is 9.47 Å². The quantitative estimate of drug-likeness (QED) is 0.551. The van der Waals surface area contributed by atoms with Crippen LogP contribution in [0.15, 0.2) is 42.5 Å². The molecule has 3 aromatic rings. The number of ether oxygens (including phenoxy) is 2. The predicted molar refractivity (Wildman–Crippen MR) is 100 cm³/mol. The Hall–Kier alpha value is -3.41. The molecule has 0 unspecified atom stereocenters. The molecule has 3 rings (SSSR count). The highest BCUT2D eigenvalue weighted by Gasteiger charge is 2.24. The minimum atomic E-state index is -0.695. The van der Waals surface area contributed by atoms with Crippen molar-refractivity contribution in [2.45, 2.75) is 13.8 Å². The van der Waals surface area contributed by atoms with Crippen LogP contribution in [0.1, 0.15) is 42.5 Å². The number of H-pyrrole nitrogens is 1. The van der Waals surface area contributed by atoms with Crippen molar-refractivity contribution in [3.8, 4) is 0 Å².